The lowest BCUT2D eigenvalue weighted by molar-refractivity contribution is -0.154. The van der Waals surface area contributed by atoms with Crippen LogP contribution in [0.4, 0.5) is 0 Å². The molecule has 37 heavy (non-hydrogen) atoms. The average Bonchev–Trinajstić information content (AvgIpc) is 3.42. The summed E-state index contributed by atoms with van der Waals surface area (Å²) in [6, 6.07) is 12.4. The number of carbonyl (C=O) groups is 2. The number of aromatic nitrogens is 1. The van der Waals surface area contributed by atoms with Gasteiger partial charge in [0.05, 0.1) is 18.8 Å². The van der Waals surface area contributed by atoms with Crippen molar-refractivity contribution in [3.63, 3.8) is 0 Å². The van der Waals surface area contributed by atoms with Crippen LogP contribution in [-0.4, -0.2) is 63.8 Å². The summed E-state index contributed by atoms with van der Waals surface area (Å²) in [4.78, 5) is 31.8. The molecule has 0 bridgehead atoms. The Morgan fingerprint density at radius 3 is 2.62 bits per heavy atom. The molecule has 2 aromatic rings. The number of carbonyl (C=O) groups excluding carboxylic acids is 2. The Bertz CT molecular complexity index is 1180. The zero-order valence-electron chi connectivity index (χ0n) is 20.9. The molecule has 1 unspecified atom stereocenters. The summed E-state index contributed by atoms with van der Waals surface area (Å²) in [5.74, 6) is -0.907. The monoisotopic (exact) mass is 525 g/mol. The molecule has 2 heterocycles. The van der Waals surface area contributed by atoms with Gasteiger partial charge in [-0.2, -0.15) is 0 Å². The zero-order chi connectivity index (χ0) is 26.5. The Morgan fingerprint density at radius 2 is 1.92 bits per heavy atom. The first-order chi connectivity index (χ1) is 17.8. The molecule has 8 nitrogen and oxygen atoms in total. The van der Waals surface area contributed by atoms with E-state index in [1.165, 1.54) is 0 Å². The van der Waals surface area contributed by atoms with Gasteiger partial charge in [0.1, 0.15) is 0 Å². The van der Waals surface area contributed by atoms with Gasteiger partial charge >= 0.3 is 0 Å². The molecule has 3 N–H and O–H groups in total. The van der Waals surface area contributed by atoms with Crippen LogP contribution in [0, 0.1) is 5.92 Å². The molecule has 1 saturated heterocycles. The third-order valence-electron chi connectivity index (χ3n) is 6.96. The molecule has 0 radical (unpaired) electrons. The maximum Gasteiger partial charge on any atom is 0.254 e. The number of amides is 2. The van der Waals surface area contributed by atoms with Crippen LogP contribution < -0.4 is 10.1 Å². The van der Waals surface area contributed by atoms with Gasteiger partial charge in [-0.15, -0.1) is 0 Å². The van der Waals surface area contributed by atoms with Crippen LogP contribution in [-0.2, 0) is 9.59 Å². The molecular weight excluding hydrogens is 494 g/mol. The van der Waals surface area contributed by atoms with Gasteiger partial charge < -0.3 is 25.2 Å². The van der Waals surface area contributed by atoms with E-state index in [-0.39, 0.29) is 12.0 Å². The molecule has 1 aliphatic heterocycles. The highest BCUT2D eigenvalue weighted by molar-refractivity contribution is 6.29. The molecule has 2 aliphatic rings. The molecule has 2 amide bonds. The summed E-state index contributed by atoms with van der Waals surface area (Å²) in [6.45, 7) is 2.23. The Kier molecular flexibility index (Phi) is 8.63. The van der Waals surface area contributed by atoms with Gasteiger partial charge in [0.25, 0.3) is 11.8 Å². The number of halogens is 1. The Balaban J connectivity index is 1.36. The van der Waals surface area contributed by atoms with Crippen LogP contribution in [0.1, 0.15) is 37.8 Å². The third kappa shape index (κ3) is 6.21. The highest BCUT2D eigenvalue weighted by atomic mass is 35.5. The number of ether oxygens (including phenoxy) is 1. The molecule has 196 valence electrons. The molecule has 1 aromatic heterocycles. The van der Waals surface area contributed by atoms with Gasteiger partial charge in [-0.1, -0.05) is 54.1 Å². The number of aliphatic hydroxyl groups is 2. The SMILES string of the molecule is COc1cccc(-c2ccc([C@@H](C)NC(=O)[C@H](O)[C@@H](O)C(=O)N3CCC[C@@H]3C3C=CC=C(Cl)C3)cc2)n1. The zero-order valence-corrected chi connectivity index (χ0v) is 21.6. The van der Waals surface area contributed by atoms with Crippen molar-refractivity contribution in [2.45, 2.75) is 50.5 Å². The number of nitrogens with zero attached hydrogens (tertiary/aromatic N) is 2. The van der Waals surface area contributed by atoms with Crippen molar-refractivity contribution in [2.24, 2.45) is 5.92 Å². The number of pyridine rings is 1. The fourth-order valence-electron chi connectivity index (χ4n) is 4.90. The Hall–Kier alpha value is -3.20. The number of methoxy groups -OCH3 is 1. The maximum atomic E-state index is 13.0. The quantitative estimate of drug-likeness (QED) is 0.487. The fraction of sp³-hybridized carbons (Fsp3) is 0.393. The number of hydrogen-bond donors (Lipinski definition) is 3. The highest BCUT2D eigenvalue weighted by Gasteiger charge is 2.40. The molecule has 5 atom stereocenters. The topological polar surface area (TPSA) is 112 Å². The number of rotatable bonds is 8. The highest BCUT2D eigenvalue weighted by Crippen LogP contribution is 2.33. The van der Waals surface area contributed by atoms with E-state index in [0.29, 0.717) is 23.9 Å². The van der Waals surface area contributed by atoms with Gasteiger partial charge in [-0.05, 0) is 43.9 Å². The second kappa shape index (κ2) is 11.9. The van der Waals surface area contributed by atoms with E-state index in [1.807, 2.05) is 54.6 Å². The number of hydrogen-bond acceptors (Lipinski definition) is 6. The smallest absolute Gasteiger partial charge is 0.254 e. The number of allylic oxidation sites excluding steroid dienone is 3. The van der Waals surface area contributed by atoms with Crippen molar-refractivity contribution in [1.82, 2.24) is 15.2 Å². The lowest BCUT2D eigenvalue weighted by Gasteiger charge is -2.33. The average molecular weight is 526 g/mol. The Morgan fingerprint density at radius 1 is 1.16 bits per heavy atom. The summed E-state index contributed by atoms with van der Waals surface area (Å²) in [5, 5.41) is 24.5. The van der Waals surface area contributed by atoms with Crippen molar-refractivity contribution < 1.29 is 24.5 Å². The van der Waals surface area contributed by atoms with Gasteiger partial charge in [0, 0.05) is 35.2 Å². The number of benzene rings is 1. The molecular formula is C28H32ClN3O5. The van der Waals surface area contributed by atoms with E-state index >= 15 is 0 Å². The number of likely N-dealkylation sites (tertiary alicyclic amines) is 1. The van der Waals surface area contributed by atoms with E-state index in [9.17, 15) is 19.8 Å². The van der Waals surface area contributed by atoms with Crippen LogP contribution in [0.25, 0.3) is 11.3 Å². The third-order valence-corrected chi connectivity index (χ3v) is 7.24. The predicted molar refractivity (Wildman–Crippen MR) is 141 cm³/mol. The van der Waals surface area contributed by atoms with Crippen molar-refractivity contribution >= 4 is 23.4 Å². The standard InChI is InChI=1S/C28H32ClN3O5/c1-17(18-11-13-19(14-12-18)22-8-4-10-24(31-22)37-2)30-27(35)25(33)26(34)28(36)32-15-5-9-23(32)20-6-3-7-21(29)16-20/h3-4,6-8,10-14,17,20,23,25-26,33-34H,5,9,15-16H2,1-2H3,(H,30,35)/t17-,20?,23-,25-,26-/m1/s1. The number of aliphatic hydroxyl groups excluding tert-OH is 2. The van der Waals surface area contributed by atoms with E-state index in [2.05, 4.69) is 10.3 Å². The fourth-order valence-corrected chi connectivity index (χ4v) is 5.15. The maximum absolute atomic E-state index is 13.0. The normalized spacial score (nSPS) is 21.6. The second-order valence-corrected chi connectivity index (χ2v) is 9.90. The minimum atomic E-state index is -1.89. The molecule has 0 saturated carbocycles. The van der Waals surface area contributed by atoms with Crippen LogP contribution in [0.2, 0.25) is 0 Å². The van der Waals surface area contributed by atoms with Crippen LogP contribution in [0.3, 0.4) is 0 Å². The summed E-state index contributed by atoms with van der Waals surface area (Å²) in [6.07, 6.45) is 4.15. The van der Waals surface area contributed by atoms with Gasteiger partial charge in [-0.25, -0.2) is 4.98 Å². The van der Waals surface area contributed by atoms with Crippen LogP contribution in [0.5, 0.6) is 5.88 Å². The molecule has 4 rings (SSSR count). The first-order valence-corrected chi connectivity index (χ1v) is 12.8. The number of nitrogens with one attached hydrogen (secondary N) is 1. The van der Waals surface area contributed by atoms with Crippen molar-refractivity contribution in [1.29, 1.82) is 0 Å². The molecule has 1 aliphatic carbocycles. The largest absolute Gasteiger partial charge is 0.481 e. The Labute approximate surface area is 221 Å². The lowest BCUT2D eigenvalue weighted by Crippen LogP contribution is -2.53. The van der Waals surface area contributed by atoms with E-state index in [4.69, 9.17) is 16.3 Å². The van der Waals surface area contributed by atoms with Crippen molar-refractivity contribution in [3.05, 3.63) is 71.3 Å². The molecule has 9 heteroatoms. The van der Waals surface area contributed by atoms with Crippen molar-refractivity contribution in [3.8, 4) is 17.1 Å². The van der Waals surface area contributed by atoms with Crippen LogP contribution >= 0.6 is 11.6 Å². The minimum Gasteiger partial charge on any atom is -0.481 e. The first-order valence-electron chi connectivity index (χ1n) is 12.4. The molecule has 1 fully saturated rings. The van der Waals surface area contributed by atoms with Gasteiger partial charge in [0.15, 0.2) is 12.2 Å². The van der Waals surface area contributed by atoms with E-state index in [1.54, 1.807) is 25.0 Å². The summed E-state index contributed by atoms with van der Waals surface area (Å²) in [5.41, 5.74) is 2.43. The minimum absolute atomic E-state index is 0.0392. The predicted octanol–water partition coefficient (Wildman–Crippen LogP) is 3.35. The summed E-state index contributed by atoms with van der Waals surface area (Å²) >= 11 is 6.18. The molecule has 0 spiro atoms. The first kappa shape index (κ1) is 26.9. The van der Waals surface area contributed by atoms with E-state index in [0.717, 1.165) is 29.7 Å². The van der Waals surface area contributed by atoms with Gasteiger partial charge in [-0.3, -0.25) is 9.59 Å². The summed E-state index contributed by atoms with van der Waals surface area (Å²) in [7, 11) is 1.56. The summed E-state index contributed by atoms with van der Waals surface area (Å²) < 4.78 is 5.17. The lowest BCUT2D eigenvalue weighted by atomic mass is 9.90. The van der Waals surface area contributed by atoms with E-state index < -0.39 is 30.1 Å². The van der Waals surface area contributed by atoms with Crippen LogP contribution in [0.15, 0.2) is 65.7 Å². The second-order valence-electron chi connectivity index (χ2n) is 9.41. The molecule has 1 aromatic carbocycles. The van der Waals surface area contributed by atoms with Gasteiger partial charge in [0.2, 0.25) is 5.88 Å². The van der Waals surface area contributed by atoms with Crippen molar-refractivity contribution in [2.75, 3.05) is 13.7 Å².